The molecule has 156 valence electrons. The fourth-order valence-electron chi connectivity index (χ4n) is 4.04. The van der Waals surface area contributed by atoms with E-state index in [2.05, 4.69) is 4.57 Å². The molecular weight excluding hydrogens is 390 g/mol. The molecule has 2 aliphatic heterocycles. The predicted molar refractivity (Wildman–Crippen MR) is 120 cm³/mol. The number of rotatable bonds is 4. The van der Waals surface area contributed by atoms with Crippen molar-refractivity contribution in [2.75, 3.05) is 13.2 Å². The first-order chi connectivity index (χ1) is 15.1. The Morgan fingerprint density at radius 1 is 0.742 bits per heavy atom. The van der Waals surface area contributed by atoms with E-state index < -0.39 is 0 Å². The van der Waals surface area contributed by atoms with Gasteiger partial charge in [-0.15, -0.1) is 0 Å². The quantitative estimate of drug-likeness (QED) is 0.630. The van der Waals surface area contributed by atoms with Gasteiger partial charge in [-0.3, -0.25) is 0 Å². The summed E-state index contributed by atoms with van der Waals surface area (Å²) in [5.41, 5.74) is 5.77. The highest BCUT2D eigenvalue weighted by Gasteiger charge is 2.16. The first-order valence-corrected chi connectivity index (χ1v) is 10.4. The van der Waals surface area contributed by atoms with Crippen molar-refractivity contribution in [3.63, 3.8) is 0 Å². The van der Waals surface area contributed by atoms with Gasteiger partial charge >= 0.3 is 0 Å². The summed E-state index contributed by atoms with van der Waals surface area (Å²) in [6.07, 6.45) is 9.54. The number of aromatic nitrogens is 1. The Morgan fingerprint density at radius 3 is 1.71 bits per heavy atom. The third kappa shape index (κ3) is 3.75. The third-order valence-corrected chi connectivity index (χ3v) is 5.85. The number of aromatic hydroxyl groups is 2. The lowest BCUT2D eigenvalue weighted by Crippen LogP contribution is -2.35. The van der Waals surface area contributed by atoms with Gasteiger partial charge in [-0.1, -0.05) is 0 Å². The number of phenolic OH excluding ortho intramolecular Hbond substituents is 2. The van der Waals surface area contributed by atoms with Gasteiger partial charge in [0, 0.05) is 60.4 Å². The number of benzene rings is 2. The Hall–Kier alpha value is -3.73. The van der Waals surface area contributed by atoms with E-state index in [0.29, 0.717) is 13.2 Å². The minimum atomic E-state index is 0.215. The van der Waals surface area contributed by atoms with Crippen LogP contribution in [0.15, 0.2) is 42.5 Å². The van der Waals surface area contributed by atoms with Gasteiger partial charge in [0.05, 0.1) is 13.2 Å². The number of fused-ring (bicyclic) bond motifs is 2. The topological polar surface area (TPSA) is 62.8 Å². The zero-order valence-electron chi connectivity index (χ0n) is 17.3. The minimum Gasteiger partial charge on any atom is -0.507 e. The zero-order valence-corrected chi connectivity index (χ0v) is 17.3. The molecule has 0 unspecified atom stereocenters. The fourth-order valence-corrected chi connectivity index (χ4v) is 4.04. The Balaban J connectivity index is 1.41. The molecule has 0 saturated heterocycles. The number of ether oxygens (including phenoxy) is 2. The molecule has 5 rings (SSSR count). The largest absolute Gasteiger partial charge is 0.507 e. The van der Waals surface area contributed by atoms with Crippen molar-refractivity contribution >= 4 is 24.3 Å². The van der Waals surface area contributed by atoms with Crippen LogP contribution in [-0.4, -0.2) is 23.4 Å². The van der Waals surface area contributed by atoms with E-state index in [1.807, 2.05) is 61.7 Å². The average molecular weight is 414 g/mol. The van der Waals surface area contributed by atoms with E-state index in [1.165, 1.54) is 0 Å². The predicted octanol–water partition coefficient (Wildman–Crippen LogP) is 4.13. The SMILES string of the molecule is C[n+]1c(/C=C/c2cc3c(cc2O)OCC3)cccc1/C=C/c1cc2c(cc1O)OCC2. The van der Waals surface area contributed by atoms with Crippen LogP contribution in [0, 0.1) is 0 Å². The molecule has 0 aliphatic carbocycles. The molecule has 0 fully saturated rings. The smallest absolute Gasteiger partial charge is 0.205 e. The Kier molecular flexibility index (Phi) is 4.86. The van der Waals surface area contributed by atoms with Crippen molar-refractivity contribution < 1.29 is 24.3 Å². The Bertz CT molecular complexity index is 1130. The number of nitrogens with zero attached hydrogens (tertiary/aromatic N) is 1. The van der Waals surface area contributed by atoms with E-state index >= 15 is 0 Å². The Morgan fingerprint density at radius 2 is 1.23 bits per heavy atom. The van der Waals surface area contributed by atoms with Crippen molar-refractivity contribution in [2.45, 2.75) is 12.8 Å². The van der Waals surface area contributed by atoms with Crippen molar-refractivity contribution in [3.05, 3.63) is 76.1 Å². The number of pyridine rings is 1. The van der Waals surface area contributed by atoms with E-state index in [4.69, 9.17) is 9.47 Å². The van der Waals surface area contributed by atoms with Crippen molar-refractivity contribution in [1.29, 1.82) is 0 Å². The van der Waals surface area contributed by atoms with E-state index in [0.717, 1.165) is 58.0 Å². The van der Waals surface area contributed by atoms with Crippen LogP contribution in [0.25, 0.3) is 24.3 Å². The molecule has 0 amide bonds. The maximum absolute atomic E-state index is 10.3. The van der Waals surface area contributed by atoms with Crippen LogP contribution < -0.4 is 14.0 Å². The monoisotopic (exact) mass is 414 g/mol. The number of hydrogen-bond acceptors (Lipinski definition) is 4. The van der Waals surface area contributed by atoms with Gasteiger partial charge in [-0.25, -0.2) is 0 Å². The van der Waals surface area contributed by atoms with Crippen molar-refractivity contribution in [2.24, 2.45) is 7.05 Å². The summed E-state index contributed by atoms with van der Waals surface area (Å²) in [5, 5.41) is 20.6. The molecule has 3 heterocycles. The average Bonchev–Trinajstić information content (AvgIpc) is 3.40. The van der Waals surface area contributed by atoms with Gasteiger partial charge in [0.25, 0.3) is 0 Å². The molecule has 0 atom stereocenters. The minimum absolute atomic E-state index is 0.215. The summed E-state index contributed by atoms with van der Waals surface area (Å²) in [6.45, 7) is 1.33. The zero-order chi connectivity index (χ0) is 21.4. The summed E-state index contributed by atoms with van der Waals surface area (Å²) in [5.74, 6) is 1.97. The molecule has 2 aliphatic rings. The lowest BCUT2D eigenvalue weighted by atomic mass is 10.1. The van der Waals surface area contributed by atoms with Crippen LogP contribution in [0.1, 0.15) is 33.6 Å². The van der Waals surface area contributed by atoms with Crippen LogP contribution in [-0.2, 0) is 19.9 Å². The summed E-state index contributed by atoms with van der Waals surface area (Å²) in [7, 11) is 1.99. The van der Waals surface area contributed by atoms with Gasteiger partial charge in [0.15, 0.2) is 0 Å². The molecule has 0 saturated carbocycles. The van der Waals surface area contributed by atoms with E-state index in [9.17, 15) is 10.2 Å². The lowest BCUT2D eigenvalue weighted by molar-refractivity contribution is -0.675. The maximum atomic E-state index is 10.3. The molecule has 5 heteroatoms. The maximum Gasteiger partial charge on any atom is 0.205 e. The molecule has 5 nitrogen and oxygen atoms in total. The third-order valence-electron chi connectivity index (χ3n) is 5.85. The summed E-state index contributed by atoms with van der Waals surface area (Å²) < 4.78 is 13.1. The first kappa shape index (κ1) is 19.2. The molecule has 2 N–H and O–H groups in total. The molecule has 31 heavy (non-hydrogen) atoms. The van der Waals surface area contributed by atoms with Crippen LogP contribution in [0.3, 0.4) is 0 Å². The standard InChI is InChI=1S/C26H23NO4/c1-27-21(7-5-17-13-19-9-11-30-25(19)15-23(17)28)3-2-4-22(27)8-6-18-14-20-10-12-31-26(20)16-24(18)29/h2-8,13-16H,9-12H2,1H3,(H,28,29)/p+1. The molecule has 2 aromatic carbocycles. The first-order valence-electron chi connectivity index (χ1n) is 10.4. The number of hydrogen-bond donors (Lipinski definition) is 2. The van der Waals surface area contributed by atoms with Crippen LogP contribution >= 0.6 is 0 Å². The van der Waals surface area contributed by atoms with Gasteiger partial charge in [0.2, 0.25) is 11.4 Å². The van der Waals surface area contributed by atoms with Crippen LogP contribution in [0.5, 0.6) is 23.0 Å². The van der Waals surface area contributed by atoms with Gasteiger partial charge < -0.3 is 19.7 Å². The van der Waals surface area contributed by atoms with Crippen molar-refractivity contribution in [3.8, 4) is 23.0 Å². The molecule has 3 aromatic rings. The highest BCUT2D eigenvalue weighted by Crippen LogP contribution is 2.34. The number of phenols is 2. The summed E-state index contributed by atoms with van der Waals surface area (Å²) in [6, 6.07) is 13.4. The highest BCUT2D eigenvalue weighted by molar-refractivity contribution is 5.74. The van der Waals surface area contributed by atoms with E-state index in [-0.39, 0.29) is 11.5 Å². The second kappa shape index (κ2) is 7.84. The molecule has 0 spiro atoms. The highest BCUT2D eigenvalue weighted by atomic mass is 16.5. The molecule has 0 bridgehead atoms. The second-order valence-corrected chi connectivity index (χ2v) is 7.84. The molecular formula is C26H24NO4+. The van der Waals surface area contributed by atoms with Gasteiger partial charge in [0.1, 0.15) is 30.0 Å². The lowest BCUT2D eigenvalue weighted by Gasteiger charge is -2.04. The van der Waals surface area contributed by atoms with Crippen molar-refractivity contribution in [1.82, 2.24) is 0 Å². The molecule has 0 radical (unpaired) electrons. The van der Waals surface area contributed by atoms with Crippen LogP contribution in [0.2, 0.25) is 0 Å². The normalized spacial score (nSPS) is 14.6. The summed E-state index contributed by atoms with van der Waals surface area (Å²) >= 11 is 0. The molecule has 1 aromatic heterocycles. The summed E-state index contributed by atoms with van der Waals surface area (Å²) in [4.78, 5) is 0. The second-order valence-electron chi connectivity index (χ2n) is 7.84. The van der Waals surface area contributed by atoms with Gasteiger partial charge in [-0.2, -0.15) is 4.57 Å². The van der Waals surface area contributed by atoms with E-state index in [1.54, 1.807) is 12.1 Å². The Labute approximate surface area is 181 Å². The van der Waals surface area contributed by atoms with Crippen LogP contribution in [0.4, 0.5) is 0 Å². The fraction of sp³-hybridized carbons (Fsp3) is 0.192. The van der Waals surface area contributed by atoms with Gasteiger partial charge in [-0.05, 0) is 41.5 Å².